The van der Waals surface area contributed by atoms with Crippen LogP contribution in [0.4, 0.5) is 24.5 Å². The average molecular weight is 281 g/mol. The van der Waals surface area contributed by atoms with Crippen LogP contribution in [-0.2, 0) is 12.7 Å². The molecule has 0 saturated heterocycles. The number of aromatic nitrogens is 1. The Kier molecular flexibility index (Phi) is 3.94. The molecule has 0 aliphatic rings. The van der Waals surface area contributed by atoms with Crippen LogP contribution in [0.25, 0.3) is 0 Å². The molecule has 20 heavy (non-hydrogen) atoms. The van der Waals surface area contributed by atoms with Crippen LogP contribution < -0.4 is 11.1 Å². The minimum atomic E-state index is -4.40. The van der Waals surface area contributed by atoms with E-state index in [4.69, 9.17) is 5.73 Å². The minimum Gasteiger partial charge on any atom is -0.354 e. The van der Waals surface area contributed by atoms with Crippen molar-refractivity contribution in [2.75, 3.05) is 5.32 Å². The van der Waals surface area contributed by atoms with Gasteiger partial charge in [0.2, 0.25) is 0 Å². The Morgan fingerprint density at radius 2 is 1.95 bits per heavy atom. The Morgan fingerprint density at radius 1 is 1.20 bits per heavy atom. The summed E-state index contributed by atoms with van der Waals surface area (Å²) in [6, 6.07) is 7.39. The molecule has 6 heteroatoms. The number of nitrogens with two attached hydrogens (primary N) is 1. The highest BCUT2D eigenvalue weighted by molar-refractivity contribution is 5.67. The van der Waals surface area contributed by atoms with Gasteiger partial charge in [-0.05, 0) is 30.7 Å². The van der Waals surface area contributed by atoms with Crippen molar-refractivity contribution in [1.29, 1.82) is 0 Å². The highest BCUT2D eigenvalue weighted by Crippen LogP contribution is 2.37. The molecule has 0 unspecified atom stereocenters. The number of aryl methyl sites for hydroxylation is 1. The van der Waals surface area contributed by atoms with Gasteiger partial charge in [0.25, 0.3) is 0 Å². The Labute approximate surface area is 114 Å². The lowest BCUT2D eigenvalue weighted by atomic mass is 10.1. The van der Waals surface area contributed by atoms with E-state index in [9.17, 15) is 13.2 Å². The maximum absolute atomic E-state index is 13.0. The maximum Gasteiger partial charge on any atom is 0.418 e. The summed E-state index contributed by atoms with van der Waals surface area (Å²) >= 11 is 0. The lowest BCUT2D eigenvalue weighted by molar-refractivity contribution is -0.136. The molecular weight excluding hydrogens is 267 g/mol. The first-order valence-electron chi connectivity index (χ1n) is 6.00. The van der Waals surface area contributed by atoms with Crippen LogP contribution in [0.3, 0.4) is 0 Å². The van der Waals surface area contributed by atoms with Gasteiger partial charge in [0.05, 0.1) is 28.8 Å². The molecule has 2 aromatic rings. The lowest BCUT2D eigenvalue weighted by Crippen LogP contribution is -2.10. The summed E-state index contributed by atoms with van der Waals surface area (Å²) in [7, 11) is 0. The summed E-state index contributed by atoms with van der Waals surface area (Å²) < 4.78 is 38.9. The zero-order valence-corrected chi connectivity index (χ0v) is 10.8. The maximum atomic E-state index is 13.0. The molecule has 0 spiro atoms. The molecule has 0 aliphatic carbocycles. The van der Waals surface area contributed by atoms with Gasteiger partial charge in [-0.1, -0.05) is 12.1 Å². The first-order chi connectivity index (χ1) is 9.41. The third kappa shape index (κ3) is 3.08. The van der Waals surface area contributed by atoms with Gasteiger partial charge in [-0.25, -0.2) is 0 Å². The molecule has 0 saturated carbocycles. The predicted octanol–water partition coefficient (Wildman–Crippen LogP) is 3.61. The van der Waals surface area contributed by atoms with Crippen molar-refractivity contribution in [3.8, 4) is 0 Å². The first kappa shape index (κ1) is 14.3. The molecule has 0 aliphatic heterocycles. The summed E-state index contributed by atoms with van der Waals surface area (Å²) in [5.74, 6) is 0. The van der Waals surface area contributed by atoms with Crippen LogP contribution in [0.1, 0.15) is 16.8 Å². The molecular formula is C14H14F3N3. The SMILES string of the molecule is Cc1cccc(C(F)(F)F)c1Nc1ccc(CN)nc1. The molecule has 3 N–H and O–H groups in total. The third-order valence-corrected chi connectivity index (χ3v) is 2.88. The van der Waals surface area contributed by atoms with Gasteiger partial charge < -0.3 is 11.1 Å². The molecule has 0 fully saturated rings. The number of halogens is 3. The molecule has 0 radical (unpaired) electrons. The summed E-state index contributed by atoms with van der Waals surface area (Å²) in [6.07, 6.45) is -2.94. The zero-order chi connectivity index (χ0) is 14.8. The standard InChI is InChI=1S/C14H14F3N3/c1-9-3-2-4-12(14(15,16)17)13(9)20-11-6-5-10(7-18)19-8-11/h2-6,8,20H,7,18H2,1H3. The fourth-order valence-corrected chi connectivity index (χ4v) is 1.83. The Bertz CT molecular complexity index is 592. The molecule has 1 aromatic carbocycles. The molecule has 0 amide bonds. The van der Waals surface area contributed by atoms with E-state index in [2.05, 4.69) is 10.3 Å². The van der Waals surface area contributed by atoms with Gasteiger partial charge >= 0.3 is 6.18 Å². The van der Waals surface area contributed by atoms with Gasteiger partial charge in [-0.15, -0.1) is 0 Å². The third-order valence-electron chi connectivity index (χ3n) is 2.88. The number of nitrogens with one attached hydrogen (secondary N) is 1. The predicted molar refractivity (Wildman–Crippen MR) is 71.6 cm³/mol. The Balaban J connectivity index is 2.37. The molecule has 106 valence electrons. The number of para-hydroxylation sites is 1. The highest BCUT2D eigenvalue weighted by atomic mass is 19.4. The van der Waals surface area contributed by atoms with E-state index >= 15 is 0 Å². The van der Waals surface area contributed by atoms with Crippen molar-refractivity contribution < 1.29 is 13.2 Å². The summed E-state index contributed by atoms with van der Waals surface area (Å²) in [5.41, 5.74) is 6.46. The number of rotatable bonds is 3. The molecule has 0 bridgehead atoms. The van der Waals surface area contributed by atoms with Crippen molar-refractivity contribution in [2.24, 2.45) is 5.73 Å². The summed E-state index contributed by atoms with van der Waals surface area (Å²) in [4.78, 5) is 4.05. The van der Waals surface area contributed by atoms with Crippen LogP contribution in [0.15, 0.2) is 36.5 Å². The second-order valence-electron chi connectivity index (χ2n) is 4.36. The fourth-order valence-electron chi connectivity index (χ4n) is 1.83. The van der Waals surface area contributed by atoms with Crippen molar-refractivity contribution in [1.82, 2.24) is 4.98 Å². The van der Waals surface area contributed by atoms with Crippen molar-refractivity contribution in [2.45, 2.75) is 19.6 Å². The minimum absolute atomic E-state index is 0.0438. The molecule has 0 atom stereocenters. The average Bonchev–Trinajstić information content (AvgIpc) is 2.40. The molecule has 1 aromatic heterocycles. The number of hydrogen-bond acceptors (Lipinski definition) is 3. The van der Waals surface area contributed by atoms with E-state index in [1.807, 2.05) is 0 Å². The normalized spacial score (nSPS) is 11.4. The van der Waals surface area contributed by atoms with E-state index < -0.39 is 11.7 Å². The largest absolute Gasteiger partial charge is 0.418 e. The Morgan fingerprint density at radius 3 is 2.50 bits per heavy atom. The summed E-state index contributed by atoms with van der Waals surface area (Å²) in [5, 5.41) is 2.78. The van der Waals surface area contributed by atoms with Crippen LogP contribution in [0.2, 0.25) is 0 Å². The summed E-state index contributed by atoms with van der Waals surface area (Å²) in [6.45, 7) is 1.91. The zero-order valence-electron chi connectivity index (χ0n) is 10.8. The fraction of sp³-hybridized carbons (Fsp3) is 0.214. The number of hydrogen-bond donors (Lipinski definition) is 2. The first-order valence-corrected chi connectivity index (χ1v) is 6.00. The van der Waals surface area contributed by atoms with Crippen molar-refractivity contribution >= 4 is 11.4 Å². The van der Waals surface area contributed by atoms with Gasteiger partial charge in [0.1, 0.15) is 0 Å². The number of anilines is 2. The highest BCUT2D eigenvalue weighted by Gasteiger charge is 2.33. The van der Waals surface area contributed by atoms with E-state index in [-0.39, 0.29) is 5.69 Å². The topological polar surface area (TPSA) is 50.9 Å². The van der Waals surface area contributed by atoms with Crippen molar-refractivity contribution in [3.05, 3.63) is 53.3 Å². The van der Waals surface area contributed by atoms with Crippen molar-refractivity contribution in [3.63, 3.8) is 0 Å². The van der Waals surface area contributed by atoms with Crippen LogP contribution >= 0.6 is 0 Å². The van der Waals surface area contributed by atoms with Crippen LogP contribution in [-0.4, -0.2) is 4.98 Å². The quantitative estimate of drug-likeness (QED) is 0.903. The Hall–Kier alpha value is -2.08. The number of pyridine rings is 1. The monoisotopic (exact) mass is 281 g/mol. The van der Waals surface area contributed by atoms with Gasteiger partial charge in [-0.3, -0.25) is 4.98 Å². The van der Waals surface area contributed by atoms with E-state index in [1.165, 1.54) is 12.3 Å². The lowest BCUT2D eigenvalue weighted by Gasteiger charge is -2.16. The van der Waals surface area contributed by atoms with Crippen LogP contribution in [0, 0.1) is 6.92 Å². The molecule has 3 nitrogen and oxygen atoms in total. The second-order valence-corrected chi connectivity index (χ2v) is 4.36. The molecule has 1 heterocycles. The molecule has 2 rings (SSSR count). The second kappa shape index (κ2) is 5.50. The number of nitrogens with zero attached hydrogens (tertiary/aromatic N) is 1. The van der Waals surface area contributed by atoms with E-state index in [1.54, 1.807) is 25.1 Å². The van der Waals surface area contributed by atoms with E-state index in [0.717, 1.165) is 6.07 Å². The number of alkyl halides is 3. The van der Waals surface area contributed by atoms with Crippen LogP contribution in [0.5, 0.6) is 0 Å². The number of benzene rings is 1. The van der Waals surface area contributed by atoms with E-state index in [0.29, 0.717) is 23.5 Å². The van der Waals surface area contributed by atoms with Gasteiger partial charge in [-0.2, -0.15) is 13.2 Å². The smallest absolute Gasteiger partial charge is 0.354 e. The van der Waals surface area contributed by atoms with Gasteiger partial charge in [0, 0.05) is 6.54 Å². The van der Waals surface area contributed by atoms with Gasteiger partial charge in [0.15, 0.2) is 0 Å².